The maximum absolute atomic E-state index is 5.42. The summed E-state index contributed by atoms with van der Waals surface area (Å²) in [4.78, 5) is 0. The van der Waals surface area contributed by atoms with Crippen molar-refractivity contribution in [3.63, 3.8) is 0 Å². The molecule has 0 saturated heterocycles. The van der Waals surface area contributed by atoms with Crippen molar-refractivity contribution in [2.75, 3.05) is 14.2 Å². The van der Waals surface area contributed by atoms with Gasteiger partial charge in [-0.05, 0) is 38.1 Å². The molecule has 1 aromatic carbocycles. The Morgan fingerprint density at radius 3 is 2.50 bits per heavy atom. The van der Waals surface area contributed by atoms with Gasteiger partial charge in [-0.25, -0.2) is 0 Å². The van der Waals surface area contributed by atoms with E-state index in [1.807, 2.05) is 24.3 Å². The summed E-state index contributed by atoms with van der Waals surface area (Å²) >= 11 is 0. The summed E-state index contributed by atoms with van der Waals surface area (Å²) in [5.74, 6) is 1.67. The number of aromatic nitrogens is 2. The van der Waals surface area contributed by atoms with Crippen LogP contribution in [-0.4, -0.2) is 24.4 Å². The first-order chi connectivity index (χ1) is 9.65. The molecule has 1 heterocycles. The first kappa shape index (κ1) is 14.4. The summed E-state index contributed by atoms with van der Waals surface area (Å²) in [6.45, 7) is 4.20. The van der Waals surface area contributed by atoms with Crippen molar-refractivity contribution < 1.29 is 9.47 Å². The number of rotatable bonds is 6. The normalized spacial score (nSPS) is 13.8. The van der Waals surface area contributed by atoms with E-state index >= 15 is 0 Å². The van der Waals surface area contributed by atoms with Crippen molar-refractivity contribution in [1.82, 2.24) is 15.5 Å². The lowest BCUT2D eigenvalue weighted by atomic mass is 10.1. The Labute approximate surface area is 119 Å². The molecule has 0 bridgehead atoms. The minimum atomic E-state index is 0.123. The third-order valence-electron chi connectivity index (χ3n) is 3.39. The number of hydrogen-bond donors (Lipinski definition) is 2. The van der Waals surface area contributed by atoms with Crippen molar-refractivity contribution >= 4 is 0 Å². The molecule has 2 rings (SSSR count). The zero-order chi connectivity index (χ0) is 14.5. The van der Waals surface area contributed by atoms with E-state index in [1.54, 1.807) is 20.4 Å². The summed E-state index contributed by atoms with van der Waals surface area (Å²) < 4.78 is 10.7. The first-order valence-electron chi connectivity index (χ1n) is 6.63. The highest BCUT2D eigenvalue weighted by Gasteiger charge is 2.16. The van der Waals surface area contributed by atoms with Crippen LogP contribution in [0.4, 0.5) is 0 Å². The van der Waals surface area contributed by atoms with Crippen LogP contribution in [0.2, 0.25) is 0 Å². The number of benzene rings is 1. The van der Waals surface area contributed by atoms with Gasteiger partial charge in [-0.2, -0.15) is 5.10 Å². The highest BCUT2D eigenvalue weighted by atomic mass is 16.5. The highest BCUT2D eigenvalue weighted by molar-refractivity contribution is 5.42. The Hall–Kier alpha value is -2.01. The molecule has 0 saturated carbocycles. The number of methoxy groups -OCH3 is 2. The maximum Gasteiger partial charge on any atom is 0.123 e. The van der Waals surface area contributed by atoms with Gasteiger partial charge in [-0.3, -0.25) is 5.10 Å². The summed E-state index contributed by atoms with van der Waals surface area (Å²) in [6.07, 6.45) is 1.75. The number of ether oxygens (including phenoxy) is 2. The first-order valence-corrected chi connectivity index (χ1v) is 6.63. The van der Waals surface area contributed by atoms with Crippen LogP contribution in [0.1, 0.15) is 37.2 Å². The lowest BCUT2D eigenvalue weighted by Crippen LogP contribution is -2.23. The van der Waals surface area contributed by atoms with Gasteiger partial charge in [0.1, 0.15) is 11.5 Å². The molecule has 5 heteroatoms. The van der Waals surface area contributed by atoms with Gasteiger partial charge in [0, 0.05) is 23.8 Å². The van der Waals surface area contributed by atoms with E-state index in [0.717, 1.165) is 22.8 Å². The lowest BCUT2D eigenvalue weighted by Gasteiger charge is -2.21. The molecule has 0 aliphatic rings. The second-order valence-corrected chi connectivity index (χ2v) is 4.73. The van der Waals surface area contributed by atoms with Gasteiger partial charge in [-0.1, -0.05) is 0 Å². The van der Waals surface area contributed by atoms with Crippen LogP contribution in [-0.2, 0) is 0 Å². The van der Waals surface area contributed by atoms with E-state index in [1.165, 1.54) is 0 Å². The van der Waals surface area contributed by atoms with E-state index in [0.29, 0.717) is 0 Å². The van der Waals surface area contributed by atoms with Crippen LogP contribution in [0, 0.1) is 0 Å². The number of H-pyrrole nitrogens is 1. The molecule has 2 unspecified atom stereocenters. The highest BCUT2D eigenvalue weighted by Crippen LogP contribution is 2.30. The molecular formula is C15H21N3O2. The van der Waals surface area contributed by atoms with Crippen LogP contribution in [0.15, 0.2) is 30.5 Å². The van der Waals surface area contributed by atoms with Gasteiger partial charge in [0.05, 0.1) is 19.9 Å². The van der Waals surface area contributed by atoms with Crippen molar-refractivity contribution in [2.45, 2.75) is 25.9 Å². The zero-order valence-corrected chi connectivity index (χ0v) is 12.3. The van der Waals surface area contributed by atoms with Crippen LogP contribution >= 0.6 is 0 Å². The molecule has 0 spiro atoms. The molecule has 2 aromatic rings. The molecular weight excluding hydrogens is 254 g/mol. The van der Waals surface area contributed by atoms with Crippen LogP contribution in [0.5, 0.6) is 11.5 Å². The number of nitrogens with zero attached hydrogens (tertiary/aromatic N) is 1. The second-order valence-electron chi connectivity index (χ2n) is 4.73. The van der Waals surface area contributed by atoms with E-state index in [4.69, 9.17) is 9.47 Å². The monoisotopic (exact) mass is 275 g/mol. The molecule has 2 N–H and O–H groups in total. The minimum Gasteiger partial charge on any atom is -0.497 e. The quantitative estimate of drug-likeness (QED) is 0.851. The predicted molar refractivity (Wildman–Crippen MR) is 78.1 cm³/mol. The average Bonchev–Trinajstić information content (AvgIpc) is 3.00. The molecule has 2 atom stereocenters. The lowest BCUT2D eigenvalue weighted by molar-refractivity contribution is 0.387. The molecule has 1 aromatic heterocycles. The molecule has 20 heavy (non-hydrogen) atoms. The maximum atomic E-state index is 5.42. The third-order valence-corrected chi connectivity index (χ3v) is 3.39. The van der Waals surface area contributed by atoms with E-state index in [9.17, 15) is 0 Å². The van der Waals surface area contributed by atoms with Crippen LogP contribution < -0.4 is 14.8 Å². The SMILES string of the molecule is COc1ccc(OC)c(C(C)NC(C)c2ccn[nH]2)c1. The number of hydrogen-bond acceptors (Lipinski definition) is 4. The summed E-state index contributed by atoms with van der Waals surface area (Å²) in [6, 6.07) is 8.07. The van der Waals surface area contributed by atoms with Gasteiger partial charge in [0.15, 0.2) is 0 Å². The standard InChI is InChI=1S/C15H21N3O2/c1-10(17-11(2)14-7-8-16-18-14)13-9-12(19-3)5-6-15(13)20-4/h5-11,17H,1-4H3,(H,16,18). The Kier molecular flexibility index (Phi) is 4.63. The second kappa shape index (κ2) is 6.43. The topological polar surface area (TPSA) is 59.2 Å². The Bertz CT molecular complexity index is 540. The molecule has 0 fully saturated rings. The van der Waals surface area contributed by atoms with Crippen molar-refractivity contribution in [2.24, 2.45) is 0 Å². The van der Waals surface area contributed by atoms with Crippen molar-refractivity contribution in [1.29, 1.82) is 0 Å². The smallest absolute Gasteiger partial charge is 0.123 e. The summed E-state index contributed by atoms with van der Waals surface area (Å²) in [5.41, 5.74) is 2.12. The fourth-order valence-corrected chi connectivity index (χ4v) is 2.24. The van der Waals surface area contributed by atoms with Crippen LogP contribution in [0.3, 0.4) is 0 Å². The van der Waals surface area contributed by atoms with Gasteiger partial charge in [0.25, 0.3) is 0 Å². The van der Waals surface area contributed by atoms with Crippen LogP contribution in [0.25, 0.3) is 0 Å². The predicted octanol–water partition coefficient (Wildman–Crippen LogP) is 2.84. The fourth-order valence-electron chi connectivity index (χ4n) is 2.24. The minimum absolute atomic E-state index is 0.123. The van der Waals surface area contributed by atoms with E-state index < -0.39 is 0 Å². The molecule has 108 valence electrons. The molecule has 0 radical (unpaired) electrons. The number of nitrogens with one attached hydrogen (secondary N) is 2. The molecule has 5 nitrogen and oxygen atoms in total. The van der Waals surface area contributed by atoms with E-state index in [2.05, 4.69) is 29.4 Å². The summed E-state index contributed by atoms with van der Waals surface area (Å²) in [7, 11) is 3.34. The summed E-state index contributed by atoms with van der Waals surface area (Å²) in [5, 5.41) is 10.5. The molecule has 0 aliphatic heterocycles. The Balaban J connectivity index is 2.17. The van der Waals surface area contributed by atoms with Gasteiger partial charge < -0.3 is 14.8 Å². The van der Waals surface area contributed by atoms with E-state index in [-0.39, 0.29) is 12.1 Å². The van der Waals surface area contributed by atoms with Crippen molar-refractivity contribution in [3.05, 3.63) is 41.7 Å². The average molecular weight is 275 g/mol. The van der Waals surface area contributed by atoms with Gasteiger partial charge in [-0.15, -0.1) is 0 Å². The Morgan fingerprint density at radius 1 is 1.10 bits per heavy atom. The number of aromatic amines is 1. The molecule has 0 aliphatic carbocycles. The Morgan fingerprint density at radius 2 is 1.90 bits per heavy atom. The van der Waals surface area contributed by atoms with Crippen molar-refractivity contribution in [3.8, 4) is 11.5 Å². The van der Waals surface area contributed by atoms with Gasteiger partial charge in [0.2, 0.25) is 0 Å². The zero-order valence-electron chi connectivity index (χ0n) is 12.3. The van der Waals surface area contributed by atoms with Gasteiger partial charge >= 0.3 is 0 Å². The molecule has 0 amide bonds. The third kappa shape index (κ3) is 3.11. The largest absolute Gasteiger partial charge is 0.497 e. The fraction of sp³-hybridized carbons (Fsp3) is 0.400.